The molecule has 1 aromatic rings. The molecule has 1 aromatic carbocycles. The maximum atomic E-state index is 13.3. The molecule has 1 saturated carbocycles. The number of nitrogens with one attached hydrogen (secondary N) is 1. The summed E-state index contributed by atoms with van der Waals surface area (Å²) < 4.78 is 26.6. The van der Waals surface area contributed by atoms with Crippen LogP contribution >= 0.6 is 12.6 Å². The molecule has 1 aliphatic heterocycles. The summed E-state index contributed by atoms with van der Waals surface area (Å²) in [5, 5.41) is 3.67. The number of aryl methyl sites for hydroxylation is 1. The quantitative estimate of drug-likeness (QED) is 0.716. The van der Waals surface area contributed by atoms with E-state index in [1.165, 1.54) is 48.8 Å². The van der Waals surface area contributed by atoms with Gasteiger partial charge in [0.1, 0.15) is 0 Å². The first-order chi connectivity index (χ1) is 11.9. The van der Waals surface area contributed by atoms with Crippen molar-refractivity contribution in [1.29, 1.82) is 0 Å². The van der Waals surface area contributed by atoms with Crippen LogP contribution in [0.3, 0.4) is 0 Å². The van der Waals surface area contributed by atoms with Crippen molar-refractivity contribution < 1.29 is 8.78 Å². The van der Waals surface area contributed by atoms with Gasteiger partial charge in [0.15, 0.2) is 0 Å². The fraction of sp³-hybridized carbons (Fsp3) is 0.700. The van der Waals surface area contributed by atoms with Crippen LogP contribution in [0.4, 0.5) is 8.78 Å². The van der Waals surface area contributed by atoms with Crippen LogP contribution in [0.2, 0.25) is 0 Å². The summed E-state index contributed by atoms with van der Waals surface area (Å²) in [5.41, 5.74) is 3.67. The van der Waals surface area contributed by atoms with Crippen LogP contribution in [0.5, 0.6) is 0 Å². The molecule has 0 atom stereocenters. The number of benzene rings is 1. The Morgan fingerprint density at radius 3 is 2.48 bits per heavy atom. The fourth-order valence-electron chi connectivity index (χ4n) is 3.95. The van der Waals surface area contributed by atoms with E-state index in [4.69, 9.17) is 0 Å². The van der Waals surface area contributed by atoms with E-state index < -0.39 is 5.92 Å². The molecule has 5 heteroatoms. The Morgan fingerprint density at radius 1 is 1.12 bits per heavy atom. The summed E-state index contributed by atoms with van der Waals surface area (Å²) in [6.07, 6.45) is 6.53. The highest BCUT2D eigenvalue weighted by Gasteiger charge is 2.33. The van der Waals surface area contributed by atoms with Gasteiger partial charge in [-0.1, -0.05) is 25.3 Å². The molecular weight excluding hydrogens is 338 g/mol. The molecule has 1 heterocycles. The lowest BCUT2D eigenvalue weighted by Gasteiger charge is -2.32. The largest absolute Gasteiger partial charge is 0.310 e. The molecule has 0 unspecified atom stereocenters. The van der Waals surface area contributed by atoms with Crippen molar-refractivity contribution in [2.75, 3.05) is 13.1 Å². The zero-order valence-corrected chi connectivity index (χ0v) is 16.1. The zero-order valence-electron chi connectivity index (χ0n) is 15.2. The number of rotatable bonds is 5. The standard InChI is InChI=1S/C20H30F2N2S/c1-15-11-16(13-23-18-5-3-2-4-6-18)19(25)12-17(15)14-24-9-7-20(21,22)8-10-24/h11-12,18,23,25H,2-10,13-14H2,1H3. The van der Waals surface area contributed by atoms with Gasteiger partial charge in [-0.05, 0) is 42.5 Å². The Morgan fingerprint density at radius 2 is 1.80 bits per heavy atom. The molecule has 2 nitrogen and oxygen atoms in total. The number of thiol groups is 1. The van der Waals surface area contributed by atoms with Gasteiger partial charge in [-0.25, -0.2) is 8.78 Å². The first kappa shape index (κ1) is 19.1. The third kappa shape index (κ3) is 5.41. The highest BCUT2D eigenvalue weighted by atomic mass is 32.1. The molecule has 0 radical (unpaired) electrons. The fourth-order valence-corrected chi connectivity index (χ4v) is 4.25. The van der Waals surface area contributed by atoms with Gasteiger partial charge >= 0.3 is 0 Å². The van der Waals surface area contributed by atoms with E-state index in [1.54, 1.807) is 0 Å². The highest BCUT2D eigenvalue weighted by molar-refractivity contribution is 7.80. The molecule has 0 spiro atoms. The summed E-state index contributed by atoms with van der Waals surface area (Å²) >= 11 is 4.68. The first-order valence-electron chi connectivity index (χ1n) is 9.58. The molecule has 0 aromatic heterocycles. The molecule has 1 saturated heterocycles. The number of nitrogens with zero attached hydrogens (tertiary/aromatic N) is 1. The summed E-state index contributed by atoms with van der Waals surface area (Å²) in [6, 6.07) is 4.98. The molecule has 25 heavy (non-hydrogen) atoms. The van der Waals surface area contributed by atoms with Gasteiger partial charge in [-0.15, -0.1) is 12.6 Å². The molecule has 3 rings (SSSR count). The molecule has 2 fully saturated rings. The van der Waals surface area contributed by atoms with E-state index >= 15 is 0 Å². The van der Waals surface area contributed by atoms with Crippen molar-refractivity contribution in [1.82, 2.24) is 10.2 Å². The molecular formula is C20H30F2N2S. The average molecular weight is 369 g/mol. The summed E-state index contributed by atoms with van der Waals surface area (Å²) in [5.74, 6) is -2.48. The van der Waals surface area contributed by atoms with Gasteiger partial charge in [0.05, 0.1) is 0 Å². The van der Waals surface area contributed by atoms with E-state index in [2.05, 4.69) is 41.9 Å². The smallest absolute Gasteiger partial charge is 0.250 e. The number of alkyl halides is 2. The Balaban J connectivity index is 1.58. The normalized spacial score (nSPS) is 22.2. The van der Waals surface area contributed by atoms with Crippen LogP contribution in [-0.4, -0.2) is 30.0 Å². The Labute approximate surface area is 155 Å². The number of hydrogen-bond donors (Lipinski definition) is 2. The predicted molar refractivity (Wildman–Crippen MR) is 102 cm³/mol. The number of halogens is 2. The Kier molecular flexibility index (Phi) is 6.39. The average Bonchev–Trinajstić information content (AvgIpc) is 2.59. The van der Waals surface area contributed by atoms with Crippen molar-refractivity contribution in [3.05, 3.63) is 28.8 Å². The molecule has 1 N–H and O–H groups in total. The summed E-state index contributed by atoms with van der Waals surface area (Å²) in [6.45, 7) is 4.66. The Bertz CT molecular complexity index is 575. The van der Waals surface area contributed by atoms with E-state index in [9.17, 15) is 8.78 Å². The van der Waals surface area contributed by atoms with Gasteiger partial charge in [0.2, 0.25) is 0 Å². The van der Waals surface area contributed by atoms with Crippen molar-refractivity contribution in [2.45, 2.75) is 81.8 Å². The monoisotopic (exact) mass is 368 g/mol. The van der Waals surface area contributed by atoms with Crippen molar-refractivity contribution in [3.63, 3.8) is 0 Å². The highest BCUT2D eigenvalue weighted by Crippen LogP contribution is 2.29. The topological polar surface area (TPSA) is 15.3 Å². The van der Waals surface area contributed by atoms with Crippen LogP contribution in [0.25, 0.3) is 0 Å². The number of likely N-dealkylation sites (tertiary alicyclic amines) is 1. The van der Waals surface area contributed by atoms with Crippen molar-refractivity contribution in [3.8, 4) is 0 Å². The molecule has 0 bridgehead atoms. The lowest BCUT2D eigenvalue weighted by Crippen LogP contribution is -2.39. The van der Waals surface area contributed by atoms with Crippen LogP contribution in [0, 0.1) is 6.92 Å². The van der Waals surface area contributed by atoms with Crippen LogP contribution in [-0.2, 0) is 13.1 Å². The summed E-state index contributed by atoms with van der Waals surface area (Å²) in [4.78, 5) is 3.14. The summed E-state index contributed by atoms with van der Waals surface area (Å²) in [7, 11) is 0. The third-order valence-corrected chi connectivity index (χ3v) is 6.12. The van der Waals surface area contributed by atoms with E-state index in [0.717, 1.165) is 18.0 Å². The second kappa shape index (κ2) is 8.36. The maximum absolute atomic E-state index is 13.3. The number of piperidine rings is 1. The SMILES string of the molecule is Cc1cc(CNC2CCCCC2)c(S)cc1CN1CCC(F)(F)CC1. The van der Waals surface area contributed by atoms with Gasteiger partial charge < -0.3 is 5.32 Å². The molecule has 1 aliphatic carbocycles. The second-order valence-corrected chi connectivity index (χ2v) is 8.24. The van der Waals surface area contributed by atoms with Gasteiger partial charge in [0.25, 0.3) is 5.92 Å². The minimum absolute atomic E-state index is 0.0246. The molecule has 140 valence electrons. The maximum Gasteiger partial charge on any atom is 0.250 e. The third-order valence-electron chi connectivity index (χ3n) is 5.71. The molecule has 2 aliphatic rings. The van der Waals surface area contributed by atoms with Crippen molar-refractivity contribution >= 4 is 12.6 Å². The first-order valence-corrected chi connectivity index (χ1v) is 10.0. The number of hydrogen-bond acceptors (Lipinski definition) is 3. The lowest BCUT2D eigenvalue weighted by atomic mass is 9.95. The van der Waals surface area contributed by atoms with Gasteiger partial charge in [0, 0.05) is 50.0 Å². The van der Waals surface area contributed by atoms with Crippen LogP contribution < -0.4 is 5.32 Å². The van der Waals surface area contributed by atoms with Crippen LogP contribution in [0.1, 0.15) is 61.6 Å². The lowest BCUT2D eigenvalue weighted by molar-refractivity contribution is -0.0566. The van der Waals surface area contributed by atoms with Crippen molar-refractivity contribution in [2.24, 2.45) is 0 Å². The van der Waals surface area contributed by atoms with E-state index in [1.807, 2.05) is 0 Å². The Hall–Kier alpha value is -0.650. The second-order valence-electron chi connectivity index (χ2n) is 7.76. The molecule has 0 amide bonds. The van der Waals surface area contributed by atoms with Crippen LogP contribution in [0.15, 0.2) is 17.0 Å². The zero-order chi connectivity index (χ0) is 17.9. The minimum atomic E-state index is -2.48. The van der Waals surface area contributed by atoms with E-state index in [-0.39, 0.29) is 12.8 Å². The minimum Gasteiger partial charge on any atom is -0.310 e. The predicted octanol–water partition coefficient (Wildman–Crippen LogP) is 4.94. The van der Waals surface area contributed by atoms with Gasteiger partial charge in [-0.2, -0.15) is 0 Å². The van der Waals surface area contributed by atoms with Gasteiger partial charge in [-0.3, -0.25) is 4.90 Å². The van der Waals surface area contributed by atoms with E-state index in [0.29, 0.717) is 19.1 Å².